The van der Waals surface area contributed by atoms with Gasteiger partial charge in [-0.25, -0.2) is 4.79 Å². The lowest BCUT2D eigenvalue weighted by Gasteiger charge is -2.13. The van der Waals surface area contributed by atoms with E-state index >= 15 is 0 Å². The first kappa shape index (κ1) is 17.5. The number of carbonyl (C=O) groups excluding carboxylic acids is 2. The Bertz CT molecular complexity index is 918. The maximum atomic E-state index is 12.3. The van der Waals surface area contributed by atoms with Crippen LogP contribution in [-0.2, 0) is 16.1 Å². The van der Waals surface area contributed by atoms with Crippen LogP contribution in [0.15, 0.2) is 48.5 Å². The molecule has 1 unspecified atom stereocenters. The highest BCUT2D eigenvalue weighted by atomic mass is 16.5. The first-order valence-electron chi connectivity index (χ1n) is 8.13. The standard InChI is InChI=1S/C19H19N3O4/c1-12(18(23)20-11-13-7-9-14(25-2)10-8-13)26-19(24)17-15-5-3-4-6-16(15)21-22-17/h3-10,12H,11H2,1-2H3,(H,20,23)(H,21,22). The molecule has 3 rings (SSSR count). The van der Waals surface area contributed by atoms with E-state index in [0.717, 1.165) is 16.8 Å². The number of H-pyrrole nitrogens is 1. The van der Waals surface area contributed by atoms with Gasteiger partial charge in [-0.1, -0.05) is 30.3 Å². The summed E-state index contributed by atoms with van der Waals surface area (Å²) in [7, 11) is 1.59. The van der Waals surface area contributed by atoms with E-state index in [-0.39, 0.29) is 11.6 Å². The number of carbonyl (C=O) groups is 2. The van der Waals surface area contributed by atoms with Crippen LogP contribution in [0.5, 0.6) is 5.75 Å². The molecule has 26 heavy (non-hydrogen) atoms. The maximum Gasteiger partial charge on any atom is 0.360 e. The molecule has 7 heteroatoms. The highest BCUT2D eigenvalue weighted by Gasteiger charge is 2.22. The van der Waals surface area contributed by atoms with Crippen LogP contribution in [0.1, 0.15) is 23.0 Å². The molecule has 1 heterocycles. The van der Waals surface area contributed by atoms with Gasteiger partial charge in [-0.05, 0) is 30.7 Å². The second kappa shape index (κ2) is 7.69. The highest BCUT2D eigenvalue weighted by molar-refractivity contribution is 6.02. The number of para-hydroxylation sites is 1. The quantitative estimate of drug-likeness (QED) is 0.664. The summed E-state index contributed by atoms with van der Waals surface area (Å²) in [5.41, 5.74) is 1.81. The van der Waals surface area contributed by atoms with E-state index in [0.29, 0.717) is 11.9 Å². The Labute approximate surface area is 150 Å². The van der Waals surface area contributed by atoms with Gasteiger partial charge in [-0.2, -0.15) is 5.10 Å². The summed E-state index contributed by atoms with van der Waals surface area (Å²) in [6, 6.07) is 14.6. The van der Waals surface area contributed by atoms with Crippen LogP contribution in [0.25, 0.3) is 10.9 Å². The predicted molar refractivity (Wildman–Crippen MR) is 95.8 cm³/mol. The van der Waals surface area contributed by atoms with Crippen molar-refractivity contribution in [3.05, 3.63) is 59.8 Å². The minimum Gasteiger partial charge on any atom is -0.497 e. The van der Waals surface area contributed by atoms with Crippen LogP contribution < -0.4 is 10.1 Å². The van der Waals surface area contributed by atoms with Crippen molar-refractivity contribution >= 4 is 22.8 Å². The molecular formula is C19H19N3O4. The molecule has 0 saturated heterocycles. The van der Waals surface area contributed by atoms with E-state index < -0.39 is 12.1 Å². The van der Waals surface area contributed by atoms with Gasteiger partial charge < -0.3 is 14.8 Å². The minimum absolute atomic E-state index is 0.162. The minimum atomic E-state index is -0.934. The maximum absolute atomic E-state index is 12.3. The summed E-state index contributed by atoms with van der Waals surface area (Å²) in [6.45, 7) is 1.85. The topological polar surface area (TPSA) is 93.3 Å². The number of aromatic nitrogens is 2. The number of rotatable bonds is 6. The summed E-state index contributed by atoms with van der Waals surface area (Å²) < 4.78 is 10.3. The Balaban J connectivity index is 1.57. The van der Waals surface area contributed by atoms with Gasteiger partial charge in [-0.3, -0.25) is 9.89 Å². The molecule has 1 atom stereocenters. The number of benzene rings is 2. The number of hydrogen-bond donors (Lipinski definition) is 2. The molecule has 134 valence electrons. The molecule has 0 aliphatic rings. The van der Waals surface area contributed by atoms with Gasteiger partial charge in [0.15, 0.2) is 11.8 Å². The molecule has 1 aromatic heterocycles. The molecule has 0 bridgehead atoms. The molecule has 0 aliphatic carbocycles. The van der Waals surface area contributed by atoms with E-state index in [2.05, 4.69) is 15.5 Å². The third-order valence-corrected chi connectivity index (χ3v) is 3.94. The van der Waals surface area contributed by atoms with Crippen LogP contribution in [0.4, 0.5) is 0 Å². The first-order chi connectivity index (χ1) is 12.6. The summed E-state index contributed by atoms with van der Waals surface area (Å²) in [5.74, 6) is -0.280. The van der Waals surface area contributed by atoms with Gasteiger partial charge in [-0.15, -0.1) is 0 Å². The fourth-order valence-corrected chi connectivity index (χ4v) is 2.47. The van der Waals surface area contributed by atoms with E-state index in [1.165, 1.54) is 6.92 Å². The second-order valence-corrected chi connectivity index (χ2v) is 5.73. The van der Waals surface area contributed by atoms with E-state index in [1.54, 1.807) is 19.2 Å². The molecule has 0 saturated carbocycles. The fourth-order valence-electron chi connectivity index (χ4n) is 2.47. The molecule has 2 aromatic carbocycles. The summed E-state index contributed by atoms with van der Waals surface area (Å²) in [6.07, 6.45) is -0.934. The zero-order chi connectivity index (χ0) is 18.5. The van der Waals surface area contributed by atoms with Crippen LogP contribution in [0, 0.1) is 0 Å². The average molecular weight is 353 g/mol. The lowest BCUT2D eigenvalue weighted by molar-refractivity contribution is -0.129. The monoisotopic (exact) mass is 353 g/mol. The van der Waals surface area contributed by atoms with E-state index in [9.17, 15) is 9.59 Å². The van der Waals surface area contributed by atoms with Crippen molar-refractivity contribution in [2.45, 2.75) is 19.6 Å². The number of nitrogens with zero attached hydrogens (tertiary/aromatic N) is 1. The Kier molecular flexibility index (Phi) is 5.17. The van der Waals surface area contributed by atoms with Gasteiger partial charge in [0.1, 0.15) is 5.75 Å². The number of amides is 1. The number of methoxy groups -OCH3 is 1. The van der Waals surface area contributed by atoms with Crippen molar-refractivity contribution in [2.75, 3.05) is 7.11 Å². The van der Waals surface area contributed by atoms with Crippen LogP contribution in [0.3, 0.4) is 0 Å². The van der Waals surface area contributed by atoms with Crippen molar-refractivity contribution < 1.29 is 19.1 Å². The summed E-state index contributed by atoms with van der Waals surface area (Å²) >= 11 is 0. The number of hydrogen-bond acceptors (Lipinski definition) is 5. The van der Waals surface area contributed by atoms with Crippen molar-refractivity contribution in [2.24, 2.45) is 0 Å². The van der Waals surface area contributed by atoms with Crippen molar-refractivity contribution in [3.63, 3.8) is 0 Å². The van der Waals surface area contributed by atoms with Gasteiger partial charge in [0.2, 0.25) is 0 Å². The van der Waals surface area contributed by atoms with Crippen LogP contribution >= 0.6 is 0 Å². The first-order valence-corrected chi connectivity index (χ1v) is 8.13. The second-order valence-electron chi connectivity index (χ2n) is 5.73. The molecule has 0 spiro atoms. The zero-order valence-corrected chi connectivity index (χ0v) is 14.5. The van der Waals surface area contributed by atoms with E-state index in [1.807, 2.05) is 36.4 Å². The number of nitrogens with one attached hydrogen (secondary N) is 2. The Hall–Kier alpha value is -3.35. The molecule has 2 N–H and O–H groups in total. The lowest BCUT2D eigenvalue weighted by atomic mass is 10.2. The largest absolute Gasteiger partial charge is 0.497 e. The molecule has 1 amide bonds. The normalized spacial score (nSPS) is 11.8. The molecule has 0 aliphatic heterocycles. The molecular weight excluding hydrogens is 334 g/mol. The summed E-state index contributed by atoms with van der Waals surface area (Å²) in [4.78, 5) is 24.4. The number of ether oxygens (including phenoxy) is 2. The Morgan fingerprint density at radius 1 is 1.15 bits per heavy atom. The van der Waals surface area contributed by atoms with Crippen LogP contribution in [-0.4, -0.2) is 35.3 Å². The van der Waals surface area contributed by atoms with Crippen LogP contribution in [0.2, 0.25) is 0 Å². The fraction of sp³-hybridized carbons (Fsp3) is 0.211. The number of esters is 1. The highest BCUT2D eigenvalue weighted by Crippen LogP contribution is 2.16. The Morgan fingerprint density at radius 2 is 1.88 bits per heavy atom. The zero-order valence-electron chi connectivity index (χ0n) is 14.5. The van der Waals surface area contributed by atoms with Crippen molar-refractivity contribution in [1.82, 2.24) is 15.5 Å². The third-order valence-electron chi connectivity index (χ3n) is 3.94. The van der Waals surface area contributed by atoms with Gasteiger partial charge in [0, 0.05) is 11.9 Å². The number of aromatic amines is 1. The van der Waals surface area contributed by atoms with Crippen molar-refractivity contribution in [1.29, 1.82) is 0 Å². The predicted octanol–water partition coefficient (Wildman–Crippen LogP) is 2.43. The smallest absolute Gasteiger partial charge is 0.360 e. The van der Waals surface area contributed by atoms with Gasteiger partial charge >= 0.3 is 5.97 Å². The van der Waals surface area contributed by atoms with Crippen molar-refractivity contribution in [3.8, 4) is 5.75 Å². The molecule has 3 aromatic rings. The van der Waals surface area contributed by atoms with Gasteiger partial charge in [0.05, 0.1) is 12.6 Å². The number of fused-ring (bicyclic) bond motifs is 1. The van der Waals surface area contributed by atoms with E-state index in [4.69, 9.17) is 9.47 Å². The third kappa shape index (κ3) is 3.83. The molecule has 0 fully saturated rings. The average Bonchev–Trinajstić information content (AvgIpc) is 3.10. The molecule has 0 radical (unpaired) electrons. The Morgan fingerprint density at radius 3 is 2.62 bits per heavy atom. The SMILES string of the molecule is COc1ccc(CNC(=O)C(C)OC(=O)c2n[nH]c3ccccc23)cc1. The lowest BCUT2D eigenvalue weighted by Crippen LogP contribution is -2.35. The van der Waals surface area contributed by atoms with Gasteiger partial charge in [0.25, 0.3) is 5.91 Å². The molecule has 7 nitrogen and oxygen atoms in total. The summed E-state index contributed by atoms with van der Waals surface area (Å²) in [5, 5.41) is 10.1.